The van der Waals surface area contributed by atoms with Crippen LogP contribution in [0, 0.1) is 0 Å². The van der Waals surface area contributed by atoms with Crippen molar-refractivity contribution in [1.82, 2.24) is 4.90 Å². The molecular formula is C24H28ClNO6. The Morgan fingerprint density at radius 2 is 1.59 bits per heavy atom. The van der Waals surface area contributed by atoms with E-state index >= 15 is 0 Å². The number of esters is 1. The maximum Gasteiger partial charge on any atom is 0.411 e. The highest BCUT2D eigenvalue weighted by molar-refractivity contribution is 6.30. The molecule has 0 aromatic heterocycles. The fourth-order valence-electron chi connectivity index (χ4n) is 3.87. The number of ether oxygens (including phenoxy) is 4. The minimum absolute atomic E-state index is 0.242. The number of hydrogen-bond acceptors (Lipinski definition) is 6. The lowest BCUT2D eigenvalue weighted by atomic mass is 9.84. The van der Waals surface area contributed by atoms with E-state index in [1.165, 1.54) is 12.0 Å². The Kier molecular flexibility index (Phi) is 6.88. The largest absolute Gasteiger partial charge is 0.493 e. The number of hydrogen-bond donors (Lipinski definition) is 0. The van der Waals surface area contributed by atoms with Gasteiger partial charge in [-0.05, 0) is 61.7 Å². The smallest absolute Gasteiger partial charge is 0.411 e. The van der Waals surface area contributed by atoms with Gasteiger partial charge in [0.15, 0.2) is 11.5 Å². The van der Waals surface area contributed by atoms with Gasteiger partial charge in [0.05, 0.1) is 27.4 Å². The summed E-state index contributed by atoms with van der Waals surface area (Å²) >= 11 is 6.11. The molecule has 0 saturated carbocycles. The molecule has 2 atom stereocenters. The SMILES string of the molecule is COC(=O)[C@@H]1Cc2cc(OC)c(OC)cc2[C@H](c2ccc(Cl)cc2)N1C(=O)OC(C)(C)C. The number of nitrogens with zero attached hydrogens (tertiary/aromatic N) is 1. The summed E-state index contributed by atoms with van der Waals surface area (Å²) in [5, 5.41) is 0.561. The molecule has 0 fully saturated rings. The Bertz CT molecular complexity index is 999. The normalized spacial score (nSPS) is 17.9. The molecule has 1 aliphatic heterocycles. The van der Waals surface area contributed by atoms with Gasteiger partial charge in [0.2, 0.25) is 0 Å². The number of amides is 1. The molecule has 0 saturated heterocycles. The summed E-state index contributed by atoms with van der Waals surface area (Å²) in [6.45, 7) is 5.34. The second-order valence-corrected chi connectivity index (χ2v) is 8.93. The second kappa shape index (κ2) is 9.28. The van der Waals surface area contributed by atoms with Crippen LogP contribution in [-0.2, 0) is 20.7 Å². The molecule has 8 heteroatoms. The van der Waals surface area contributed by atoms with Gasteiger partial charge in [0, 0.05) is 11.4 Å². The Morgan fingerprint density at radius 3 is 2.12 bits per heavy atom. The van der Waals surface area contributed by atoms with Crippen LogP contribution in [0.5, 0.6) is 11.5 Å². The summed E-state index contributed by atoms with van der Waals surface area (Å²) in [5.41, 5.74) is 1.66. The monoisotopic (exact) mass is 461 g/mol. The molecule has 7 nitrogen and oxygen atoms in total. The molecule has 1 amide bonds. The third-order valence-electron chi connectivity index (χ3n) is 5.23. The van der Waals surface area contributed by atoms with Gasteiger partial charge < -0.3 is 18.9 Å². The Morgan fingerprint density at radius 1 is 1.00 bits per heavy atom. The third kappa shape index (κ3) is 4.78. The van der Waals surface area contributed by atoms with Crippen LogP contribution in [-0.4, -0.2) is 49.9 Å². The number of halogens is 1. The predicted octanol–water partition coefficient (Wildman–Crippen LogP) is 4.78. The van der Waals surface area contributed by atoms with Gasteiger partial charge in [-0.15, -0.1) is 0 Å². The van der Waals surface area contributed by atoms with Crippen molar-refractivity contribution in [3.05, 3.63) is 58.1 Å². The van der Waals surface area contributed by atoms with Crippen molar-refractivity contribution >= 4 is 23.7 Å². The van der Waals surface area contributed by atoms with Crippen molar-refractivity contribution in [1.29, 1.82) is 0 Å². The lowest BCUT2D eigenvalue weighted by Crippen LogP contribution is -2.53. The summed E-state index contributed by atoms with van der Waals surface area (Å²) in [6, 6.07) is 9.28. The number of benzene rings is 2. The molecule has 0 N–H and O–H groups in total. The molecule has 1 heterocycles. The van der Waals surface area contributed by atoms with Crippen LogP contribution in [0.25, 0.3) is 0 Å². The summed E-state index contributed by atoms with van der Waals surface area (Å²) < 4.78 is 21.7. The topological polar surface area (TPSA) is 74.3 Å². The number of carbonyl (C=O) groups is 2. The molecule has 3 rings (SSSR count). The van der Waals surface area contributed by atoms with Crippen molar-refractivity contribution < 1.29 is 28.5 Å². The van der Waals surface area contributed by atoms with Gasteiger partial charge in [0.1, 0.15) is 11.6 Å². The van der Waals surface area contributed by atoms with Gasteiger partial charge in [0.25, 0.3) is 0 Å². The Hall–Kier alpha value is -2.93. The molecule has 2 aromatic carbocycles. The van der Waals surface area contributed by atoms with Gasteiger partial charge in [-0.2, -0.15) is 0 Å². The van der Waals surface area contributed by atoms with Crippen molar-refractivity contribution in [2.75, 3.05) is 21.3 Å². The summed E-state index contributed by atoms with van der Waals surface area (Å²) in [7, 11) is 4.40. The minimum Gasteiger partial charge on any atom is -0.493 e. The first-order valence-electron chi connectivity index (χ1n) is 10.2. The van der Waals surface area contributed by atoms with Gasteiger partial charge in [-0.3, -0.25) is 4.90 Å². The highest BCUT2D eigenvalue weighted by atomic mass is 35.5. The third-order valence-corrected chi connectivity index (χ3v) is 5.48. The molecular weight excluding hydrogens is 434 g/mol. The zero-order valence-electron chi connectivity index (χ0n) is 19.1. The highest BCUT2D eigenvalue weighted by Gasteiger charge is 2.44. The van der Waals surface area contributed by atoms with Crippen molar-refractivity contribution in [2.24, 2.45) is 0 Å². The maximum atomic E-state index is 13.4. The quantitative estimate of drug-likeness (QED) is 0.610. The van der Waals surface area contributed by atoms with Crippen LogP contribution in [0.4, 0.5) is 4.79 Å². The van der Waals surface area contributed by atoms with Crippen LogP contribution in [0.15, 0.2) is 36.4 Å². The zero-order valence-corrected chi connectivity index (χ0v) is 19.9. The lowest BCUT2D eigenvalue weighted by Gasteiger charge is -2.42. The van der Waals surface area contributed by atoms with Gasteiger partial charge in [-0.1, -0.05) is 23.7 Å². The number of methoxy groups -OCH3 is 3. The van der Waals surface area contributed by atoms with E-state index in [-0.39, 0.29) is 6.42 Å². The fourth-order valence-corrected chi connectivity index (χ4v) is 4.00. The minimum atomic E-state index is -0.888. The van der Waals surface area contributed by atoms with E-state index in [0.29, 0.717) is 16.5 Å². The lowest BCUT2D eigenvalue weighted by molar-refractivity contribution is -0.148. The molecule has 1 aliphatic rings. The van der Waals surface area contributed by atoms with Gasteiger partial charge >= 0.3 is 12.1 Å². The van der Waals surface area contributed by atoms with Crippen molar-refractivity contribution in [3.63, 3.8) is 0 Å². The zero-order chi connectivity index (χ0) is 23.6. The van der Waals surface area contributed by atoms with E-state index in [9.17, 15) is 9.59 Å². The number of fused-ring (bicyclic) bond motifs is 1. The average molecular weight is 462 g/mol. The highest BCUT2D eigenvalue weighted by Crippen LogP contribution is 2.43. The maximum absolute atomic E-state index is 13.4. The van der Waals surface area contributed by atoms with Crippen LogP contribution in [0.2, 0.25) is 5.02 Å². The average Bonchev–Trinajstić information content (AvgIpc) is 2.75. The van der Waals surface area contributed by atoms with Crippen molar-refractivity contribution in [3.8, 4) is 11.5 Å². The first kappa shape index (κ1) is 23.7. The Labute approximate surface area is 193 Å². The molecule has 0 aliphatic carbocycles. The number of carbonyl (C=O) groups excluding carboxylic acids is 2. The van der Waals surface area contributed by atoms with Crippen LogP contribution >= 0.6 is 11.6 Å². The molecule has 0 spiro atoms. The summed E-state index contributed by atoms with van der Waals surface area (Å²) in [4.78, 5) is 27.7. The first-order chi connectivity index (χ1) is 15.1. The van der Waals surface area contributed by atoms with E-state index in [1.807, 2.05) is 24.3 Å². The molecule has 0 bridgehead atoms. The molecule has 0 unspecified atom stereocenters. The molecule has 32 heavy (non-hydrogen) atoms. The second-order valence-electron chi connectivity index (χ2n) is 8.49. The molecule has 172 valence electrons. The van der Waals surface area contributed by atoms with E-state index in [4.69, 9.17) is 30.5 Å². The van der Waals surface area contributed by atoms with Crippen LogP contribution in [0.3, 0.4) is 0 Å². The fraction of sp³-hybridized carbons (Fsp3) is 0.417. The standard InChI is InChI=1S/C24H28ClNO6/c1-24(2,3)32-23(28)26-18(22(27)31-6)11-15-12-19(29-4)20(30-5)13-17(15)21(26)14-7-9-16(25)10-8-14/h7-10,12-13,18,21H,11H2,1-6H3/t18-,21-/m0/s1. The van der Waals surface area contributed by atoms with Crippen LogP contribution < -0.4 is 9.47 Å². The van der Waals surface area contributed by atoms with E-state index in [1.54, 1.807) is 47.1 Å². The number of rotatable bonds is 4. The van der Waals surface area contributed by atoms with Crippen LogP contribution in [0.1, 0.15) is 43.5 Å². The van der Waals surface area contributed by atoms with E-state index < -0.39 is 29.7 Å². The summed E-state index contributed by atoms with van der Waals surface area (Å²) in [6.07, 6.45) is -0.376. The van der Waals surface area contributed by atoms with E-state index in [2.05, 4.69) is 0 Å². The first-order valence-corrected chi connectivity index (χ1v) is 10.6. The molecule has 2 aromatic rings. The van der Waals surface area contributed by atoms with Gasteiger partial charge in [-0.25, -0.2) is 9.59 Å². The molecule has 0 radical (unpaired) electrons. The Balaban J connectivity index is 2.26. The van der Waals surface area contributed by atoms with E-state index in [0.717, 1.165) is 16.7 Å². The summed E-state index contributed by atoms with van der Waals surface area (Å²) in [5.74, 6) is 0.525. The predicted molar refractivity (Wildman–Crippen MR) is 120 cm³/mol. The van der Waals surface area contributed by atoms with Crippen molar-refractivity contribution in [2.45, 2.75) is 44.9 Å².